The number of aryl methyl sites for hydroxylation is 1. The van der Waals surface area contributed by atoms with E-state index < -0.39 is 11.8 Å². The molecule has 204 valence electrons. The molecule has 0 saturated heterocycles. The molecule has 0 spiro atoms. The first-order valence-corrected chi connectivity index (χ1v) is 12.8. The van der Waals surface area contributed by atoms with Crippen molar-refractivity contribution in [3.05, 3.63) is 53.9 Å². The summed E-state index contributed by atoms with van der Waals surface area (Å²) >= 11 is 11.7. The maximum Gasteiger partial charge on any atom is 0.292 e. The van der Waals surface area contributed by atoms with Gasteiger partial charge in [-0.3, -0.25) is 14.4 Å². The smallest absolute Gasteiger partial charge is 0.292 e. The molecule has 0 aliphatic heterocycles. The van der Waals surface area contributed by atoms with Gasteiger partial charge in [-0.1, -0.05) is 0 Å². The van der Waals surface area contributed by atoms with Gasteiger partial charge in [-0.25, -0.2) is 9.97 Å². The van der Waals surface area contributed by atoms with Gasteiger partial charge in [0.05, 0.1) is 0 Å². The normalized spacial score (nSPS) is 11.0. The van der Waals surface area contributed by atoms with Crippen molar-refractivity contribution in [1.29, 1.82) is 0 Å². The Kier molecular flexibility index (Phi) is 10.1. The fraction of sp³-hybridized carbons (Fsp3) is 0.375. The van der Waals surface area contributed by atoms with Crippen molar-refractivity contribution in [2.45, 2.75) is 6.54 Å². The molecule has 0 radical (unpaired) electrons. The Morgan fingerprint density at radius 2 is 1.47 bits per heavy atom. The minimum absolute atomic E-state index is 0.0365. The number of imidazole rings is 2. The number of nitrogens with one attached hydrogen (secondary N) is 2. The van der Waals surface area contributed by atoms with Gasteiger partial charge in [0.1, 0.15) is 0 Å². The molecule has 38 heavy (non-hydrogen) atoms. The van der Waals surface area contributed by atoms with Gasteiger partial charge >= 0.3 is 0 Å². The summed E-state index contributed by atoms with van der Waals surface area (Å²) in [6, 6.07) is 7.03. The fourth-order valence-corrected chi connectivity index (χ4v) is 4.06. The summed E-state index contributed by atoms with van der Waals surface area (Å²) in [4.78, 5) is 49.7. The maximum absolute atomic E-state index is 12.9. The number of primary amides is 1. The minimum Gasteiger partial charge on any atom is -0.369 e. The molecule has 1 aromatic carbocycles. The van der Waals surface area contributed by atoms with Crippen LogP contribution in [0.1, 0.15) is 31.6 Å². The molecule has 0 saturated carbocycles. The highest BCUT2D eigenvalue weighted by molar-refractivity contribution is 6.18. The molecule has 0 unspecified atom stereocenters. The zero-order chi connectivity index (χ0) is 27.8. The molecule has 2 heterocycles. The van der Waals surface area contributed by atoms with Gasteiger partial charge < -0.3 is 35.3 Å². The lowest BCUT2D eigenvalue weighted by atomic mass is 10.2. The van der Waals surface area contributed by atoms with E-state index in [4.69, 9.17) is 28.9 Å². The first-order valence-electron chi connectivity index (χ1n) is 11.8. The molecule has 0 aliphatic rings. The Morgan fingerprint density at radius 3 is 2.05 bits per heavy atom. The lowest BCUT2D eigenvalue weighted by Gasteiger charge is -2.22. The average Bonchev–Trinajstić information content (AvgIpc) is 3.45. The summed E-state index contributed by atoms with van der Waals surface area (Å²) in [6.45, 7) is 2.39. The monoisotopic (exact) mass is 563 g/mol. The quantitative estimate of drug-likeness (QED) is 0.270. The summed E-state index contributed by atoms with van der Waals surface area (Å²) in [5.41, 5.74) is 6.76. The second-order valence-corrected chi connectivity index (χ2v) is 9.45. The number of aromatic nitrogens is 4. The van der Waals surface area contributed by atoms with E-state index in [0.29, 0.717) is 43.5 Å². The van der Waals surface area contributed by atoms with E-state index in [-0.39, 0.29) is 29.2 Å². The van der Waals surface area contributed by atoms with E-state index in [1.54, 1.807) is 23.7 Å². The molecule has 3 rings (SSSR count). The van der Waals surface area contributed by atoms with E-state index in [9.17, 15) is 14.4 Å². The number of hydrogen-bond donors (Lipinski definition) is 3. The SMILES string of the molecule is CN(C)CCn1cc(NC(=O)c2nc(NC(=O)c3ccc(N(CCCl)CCCl)cc3)cn2C)nc1C(N)=O. The van der Waals surface area contributed by atoms with Crippen LogP contribution < -0.4 is 21.3 Å². The second kappa shape index (κ2) is 13.3. The standard InChI is InChI=1S/C24H31Cl2N9O3/c1-32(2)12-13-35-15-19(28-21(35)20(27)36)31-24(38)22-29-18(14-33(22)3)30-23(37)16-4-6-17(7-5-16)34(10-8-25)11-9-26/h4-7,14-15H,8-13H2,1-3H3,(H2,27,36)(H,30,37)(H,31,38). The second-order valence-electron chi connectivity index (χ2n) is 8.69. The van der Waals surface area contributed by atoms with Crippen LogP contribution in [-0.2, 0) is 13.6 Å². The van der Waals surface area contributed by atoms with E-state index >= 15 is 0 Å². The molecule has 2 aromatic heterocycles. The highest BCUT2D eigenvalue weighted by Gasteiger charge is 2.19. The van der Waals surface area contributed by atoms with Gasteiger partial charge in [0.2, 0.25) is 11.6 Å². The van der Waals surface area contributed by atoms with E-state index in [2.05, 4.69) is 20.6 Å². The van der Waals surface area contributed by atoms with Crippen LogP contribution in [0.2, 0.25) is 0 Å². The zero-order valence-corrected chi connectivity index (χ0v) is 23.0. The van der Waals surface area contributed by atoms with Crippen molar-refractivity contribution < 1.29 is 14.4 Å². The lowest BCUT2D eigenvalue weighted by molar-refractivity contribution is 0.0981. The van der Waals surface area contributed by atoms with Gasteiger partial charge in [-0.2, -0.15) is 0 Å². The van der Waals surface area contributed by atoms with Crippen LogP contribution in [0.4, 0.5) is 17.3 Å². The number of rotatable bonds is 13. The minimum atomic E-state index is -0.704. The third kappa shape index (κ3) is 7.46. The first-order chi connectivity index (χ1) is 18.1. The summed E-state index contributed by atoms with van der Waals surface area (Å²) < 4.78 is 3.06. The number of nitrogens with zero attached hydrogens (tertiary/aromatic N) is 6. The van der Waals surface area contributed by atoms with Crippen LogP contribution in [0.5, 0.6) is 0 Å². The van der Waals surface area contributed by atoms with Crippen LogP contribution >= 0.6 is 23.2 Å². The van der Waals surface area contributed by atoms with Gasteiger partial charge in [-0.15, -0.1) is 23.2 Å². The summed E-state index contributed by atoms with van der Waals surface area (Å²) in [5, 5.41) is 5.33. The van der Waals surface area contributed by atoms with Crippen molar-refractivity contribution >= 4 is 58.2 Å². The number of halogens is 2. The first kappa shape index (κ1) is 29.0. The predicted octanol–water partition coefficient (Wildman–Crippen LogP) is 2.07. The Labute approximate surface area is 230 Å². The van der Waals surface area contributed by atoms with Gasteiger partial charge in [0.15, 0.2) is 11.6 Å². The number of amides is 3. The Balaban J connectivity index is 1.68. The Bertz CT molecular complexity index is 1270. The summed E-state index contributed by atoms with van der Waals surface area (Å²) in [5.74, 6) is -0.298. The number of benzene rings is 1. The number of nitrogens with two attached hydrogens (primary N) is 1. The largest absolute Gasteiger partial charge is 0.369 e. The summed E-state index contributed by atoms with van der Waals surface area (Å²) in [7, 11) is 5.42. The molecular weight excluding hydrogens is 533 g/mol. The van der Waals surface area contributed by atoms with Crippen LogP contribution in [0.25, 0.3) is 0 Å². The Hall–Kier alpha value is -3.61. The van der Waals surface area contributed by atoms with E-state index in [1.165, 1.54) is 17.0 Å². The molecular formula is C24H31Cl2N9O3. The lowest BCUT2D eigenvalue weighted by Crippen LogP contribution is -2.27. The third-order valence-corrected chi connectivity index (χ3v) is 5.89. The number of anilines is 3. The van der Waals surface area contributed by atoms with Gasteiger partial charge in [0, 0.05) is 68.6 Å². The third-order valence-electron chi connectivity index (χ3n) is 5.55. The summed E-state index contributed by atoms with van der Waals surface area (Å²) in [6.07, 6.45) is 3.06. The van der Waals surface area contributed by atoms with Crippen LogP contribution in [0.15, 0.2) is 36.7 Å². The molecule has 0 bridgehead atoms. The highest BCUT2D eigenvalue weighted by atomic mass is 35.5. The molecule has 14 heteroatoms. The van der Waals surface area contributed by atoms with Crippen LogP contribution in [0, 0.1) is 0 Å². The molecule has 3 aromatic rings. The molecule has 12 nitrogen and oxygen atoms in total. The fourth-order valence-electron chi connectivity index (χ4n) is 3.65. The van der Waals surface area contributed by atoms with Gasteiger partial charge in [0.25, 0.3) is 17.7 Å². The maximum atomic E-state index is 12.9. The number of hydrogen-bond acceptors (Lipinski definition) is 7. The van der Waals surface area contributed by atoms with Crippen molar-refractivity contribution in [2.24, 2.45) is 12.8 Å². The molecule has 0 atom stereocenters. The van der Waals surface area contributed by atoms with Crippen molar-refractivity contribution in [1.82, 2.24) is 24.0 Å². The zero-order valence-electron chi connectivity index (χ0n) is 21.4. The van der Waals surface area contributed by atoms with Crippen molar-refractivity contribution in [3.63, 3.8) is 0 Å². The number of alkyl halides is 2. The van der Waals surface area contributed by atoms with Crippen LogP contribution in [-0.4, -0.2) is 87.2 Å². The number of carbonyl (C=O) groups is 3. The average molecular weight is 564 g/mol. The van der Waals surface area contributed by atoms with E-state index in [0.717, 1.165) is 5.69 Å². The number of carbonyl (C=O) groups excluding carboxylic acids is 3. The molecule has 0 aliphatic carbocycles. The van der Waals surface area contributed by atoms with E-state index in [1.807, 2.05) is 36.0 Å². The number of likely N-dealkylation sites (N-methyl/N-ethyl adjacent to an activating group) is 1. The molecule has 3 amide bonds. The van der Waals surface area contributed by atoms with Crippen molar-refractivity contribution in [3.8, 4) is 0 Å². The van der Waals surface area contributed by atoms with Crippen molar-refractivity contribution in [2.75, 3.05) is 61.0 Å². The van der Waals surface area contributed by atoms with Crippen LogP contribution in [0.3, 0.4) is 0 Å². The highest BCUT2D eigenvalue weighted by Crippen LogP contribution is 2.17. The molecule has 4 N–H and O–H groups in total. The topological polar surface area (TPSA) is 143 Å². The predicted molar refractivity (Wildman–Crippen MR) is 149 cm³/mol. The Morgan fingerprint density at radius 1 is 0.895 bits per heavy atom. The van der Waals surface area contributed by atoms with Gasteiger partial charge in [-0.05, 0) is 38.4 Å². The molecule has 0 fully saturated rings.